The molecule has 210 valence electrons. The summed E-state index contributed by atoms with van der Waals surface area (Å²) in [5.74, 6) is -3.14. The van der Waals surface area contributed by atoms with Crippen LogP contribution in [0.2, 0.25) is 0 Å². The Morgan fingerprint density at radius 2 is 1.75 bits per heavy atom. The molecule has 16 heteroatoms. The average Bonchev–Trinajstić information content (AvgIpc) is 2.83. The SMILES string of the molecule is CCC1C(C(=O)O)OC(COCC2C(NC(C)=O)C(COC)OC(CO)C2OSOOO)C(O)C1O. The number of amides is 1. The average molecular weight is 546 g/mol. The fourth-order valence-corrected chi connectivity index (χ4v) is 5.03. The van der Waals surface area contributed by atoms with Crippen LogP contribution in [0.1, 0.15) is 20.3 Å². The Morgan fingerprint density at radius 1 is 1.03 bits per heavy atom. The number of aliphatic hydroxyl groups excluding tert-OH is 3. The first-order valence-corrected chi connectivity index (χ1v) is 12.0. The molecule has 2 saturated heterocycles. The van der Waals surface area contributed by atoms with E-state index in [1.807, 2.05) is 0 Å². The van der Waals surface area contributed by atoms with Gasteiger partial charge in [-0.25, -0.2) is 10.1 Å². The highest BCUT2D eigenvalue weighted by atomic mass is 32.2. The number of hydrogen-bond acceptors (Lipinski definition) is 14. The number of methoxy groups -OCH3 is 1. The fourth-order valence-electron chi connectivity index (χ4n) is 4.61. The molecule has 0 aromatic heterocycles. The summed E-state index contributed by atoms with van der Waals surface area (Å²) in [5, 5.41) is 54.9. The minimum Gasteiger partial charge on any atom is -0.479 e. The standard InChI is InChI=1S/C20H35NO14S/c1-4-10-16(24)17(25)14(32-19(10)20(26)27)8-30-6-11-15(21-9(2)23)13(7-29-3)31-12(5-22)18(11)33-36-35-34-28/h10-19,22,24-25,28H,4-8H2,1-3H3,(H,21,23)(H,26,27). The van der Waals surface area contributed by atoms with Crippen LogP contribution in [0.3, 0.4) is 0 Å². The van der Waals surface area contributed by atoms with E-state index in [0.717, 1.165) is 0 Å². The summed E-state index contributed by atoms with van der Waals surface area (Å²) in [7, 11) is 1.44. The second-order valence-electron chi connectivity index (χ2n) is 8.54. The van der Waals surface area contributed by atoms with E-state index in [1.54, 1.807) is 6.92 Å². The van der Waals surface area contributed by atoms with E-state index in [-0.39, 0.29) is 44.5 Å². The van der Waals surface area contributed by atoms with Crippen molar-refractivity contribution in [2.45, 2.75) is 69.0 Å². The van der Waals surface area contributed by atoms with Crippen LogP contribution in [0.25, 0.3) is 0 Å². The van der Waals surface area contributed by atoms with E-state index < -0.39 is 73.2 Å². The van der Waals surface area contributed by atoms with Gasteiger partial charge in [0.15, 0.2) is 18.4 Å². The lowest BCUT2D eigenvalue weighted by Gasteiger charge is -2.46. The van der Waals surface area contributed by atoms with Gasteiger partial charge in [0.2, 0.25) is 5.91 Å². The van der Waals surface area contributed by atoms with Crippen LogP contribution in [0, 0.1) is 11.8 Å². The highest BCUT2D eigenvalue weighted by Gasteiger charge is 2.49. The number of carboxylic acids is 1. The summed E-state index contributed by atoms with van der Waals surface area (Å²) in [6, 6.07) is -0.732. The van der Waals surface area contributed by atoms with Crippen molar-refractivity contribution >= 4 is 24.2 Å². The summed E-state index contributed by atoms with van der Waals surface area (Å²) < 4.78 is 32.1. The van der Waals surface area contributed by atoms with Gasteiger partial charge < -0.3 is 44.7 Å². The van der Waals surface area contributed by atoms with Crippen molar-refractivity contribution in [3.05, 3.63) is 0 Å². The lowest BCUT2D eigenvalue weighted by Crippen LogP contribution is -2.63. The fraction of sp³-hybridized carbons (Fsp3) is 0.900. The number of carbonyl (C=O) groups is 2. The van der Waals surface area contributed by atoms with Gasteiger partial charge in [-0.05, 0) is 6.42 Å². The molecule has 2 aliphatic heterocycles. The Labute approximate surface area is 212 Å². The van der Waals surface area contributed by atoms with Crippen LogP contribution < -0.4 is 5.32 Å². The summed E-state index contributed by atoms with van der Waals surface area (Å²) in [4.78, 5) is 23.5. The van der Waals surface area contributed by atoms with Gasteiger partial charge in [0.05, 0.1) is 38.6 Å². The number of hydrogen-bond donors (Lipinski definition) is 6. The largest absolute Gasteiger partial charge is 0.479 e. The maximum atomic E-state index is 11.9. The van der Waals surface area contributed by atoms with Crippen molar-refractivity contribution in [3.8, 4) is 0 Å². The molecule has 10 atom stereocenters. The Balaban J connectivity index is 2.19. The monoisotopic (exact) mass is 545 g/mol. The zero-order chi connectivity index (χ0) is 26.8. The molecular formula is C20H35NO14S. The van der Waals surface area contributed by atoms with E-state index in [4.69, 9.17) is 28.4 Å². The van der Waals surface area contributed by atoms with Crippen LogP contribution in [-0.2, 0) is 42.1 Å². The highest BCUT2D eigenvalue weighted by Crippen LogP contribution is 2.33. The molecule has 2 aliphatic rings. The molecule has 2 fully saturated rings. The molecule has 0 aromatic carbocycles. The van der Waals surface area contributed by atoms with E-state index in [1.165, 1.54) is 14.0 Å². The molecule has 36 heavy (non-hydrogen) atoms. The molecule has 0 aliphatic carbocycles. The molecule has 6 N–H and O–H groups in total. The van der Waals surface area contributed by atoms with Gasteiger partial charge >= 0.3 is 5.97 Å². The Bertz CT molecular complexity index is 689. The molecule has 0 radical (unpaired) electrons. The second kappa shape index (κ2) is 15.3. The quantitative estimate of drug-likeness (QED) is 0.0634. The van der Waals surface area contributed by atoms with Crippen molar-refractivity contribution in [3.63, 3.8) is 0 Å². The molecule has 15 nitrogen and oxygen atoms in total. The first-order chi connectivity index (χ1) is 17.2. The minimum atomic E-state index is -1.39. The van der Waals surface area contributed by atoms with Crippen LogP contribution in [0.5, 0.6) is 0 Å². The van der Waals surface area contributed by atoms with Crippen LogP contribution >= 0.6 is 12.3 Å². The van der Waals surface area contributed by atoms with Crippen molar-refractivity contribution < 1.29 is 67.8 Å². The minimum absolute atomic E-state index is 0.0589. The van der Waals surface area contributed by atoms with Gasteiger partial charge in [0.25, 0.3) is 0 Å². The van der Waals surface area contributed by atoms with E-state index >= 15 is 0 Å². The molecule has 0 aromatic rings. The predicted octanol–water partition coefficient (Wildman–Crippen LogP) is -1.50. The van der Waals surface area contributed by atoms with E-state index in [0.29, 0.717) is 0 Å². The summed E-state index contributed by atoms with van der Waals surface area (Å²) >= 11 is 0.261. The van der Waals surface area contributed by atoms with Crippen molar-refractivity contribution in [2.75, 3.05) is 33.5 Å². The number of rotatable bonds is 14. The van der Waals surface area contributed by atoms with Crippen molar-refractivity contribution in [1.29, 1.82) is 0 Å². The third kappa shape index (κ3) is 7.92. The molecule has 10 unspecified atom stereocenters. The summed E-state index contributed by atoms with van der Waals surface area (Å²) in [5.41, 5.74) is 0. The van der Waals surface area contributed by atoms with E-state index in [2.05, 4.69) is 14.7 Å². The normalized spacial score (nSPS) is 37.0. The lowest BCUT2D eigenvalue weighted by molar-refractivity contribution is -0.434. The number of nitrogens with one attached hydrogen (secondary N) is 1. The van der Waals surface area contributed by atoms with Gasteiger partial charge in [-0.15, -0.1) is 4.33 Å². The van der Waals surface area contributed by atoms with Gasteiger partial charge in [-0.2, -0.15) is 0 Å². The number of ether oxygens (including phenoxy) is 4. The second-order valence-corrected chi connectivity index (χ2v) is 9.00. The number of aliphatic hydroxyl groups is 3. The van der Waals surface area contributed by atoms with Gasteiger partial charge in [-0.3, -0.25) is 8.98 Å². The Kier molecular flexibility index (Phi) is 13.2. The smallest absolute Gasteiger partial charge is 0.333 e. The summed E-state index contributed by atoms with van der Waals surface area (Å²) in [6.07, 6.45) is -7.50. The number of carbonyl (C=O) groups excluding carboxylic acids is 1. The van der Waals surface area contributed by atoms with Crippen LogP contribution in [0.15, 0.2) is 0 Å². The predicted molar refractivity (Wildman–Crippen MR) is 119 cm³/mol. The van der Waals surface area contributed by atoms with Crippen LogP contribution in [-0.4, -0.2) is 120 Å². The molecule has 0 spiro atoms. The van der Waals surface area contributed by atoms with Crippen molar-refractivity contribution in [1.82, 2.24) is 5.32 Å². The molecular weight excluding hydrogens is 510 g/mol. The van der Waals surface area contributed by atoms with Gasteiger partial charge in [-0.1, -0.05) is 12.0 Å². The maximum absolute atomic E-state index is 11.9. The lowest BCUT2D eigenvalue weighted by atomic mass is 9.84. The first-order valence-electron chi connectivity index (χ1n) is 11.3. The van der Waals surface area contributed by atoms with Gasteiger partial charge in [0.1, 0.15) is 30.5 Å². The molecule has 0 bridgehead atoms. The van der Waals surface area contributed by atoms with Crippen molar-refractivity contribution in [2.24, 2.45) is 11.8 Å². The molecule has 2 rings (SSSR count). The zero-order valence-electron chi connectivity index (χ0n) is 20.1. The third-order valence-corrected chi connectivity index (χ3v) is 6.69. The van der Waals surface area contributed by atoms with E-state index in [9.17, 15) is 30.0 Å². The first kappa shape index (κ1) is 31.1. The third-order valence-electron chi connectivity index (χ3n) is 6.28. The molecule has 2 heterocycles. The number of aliphatic carboxylic acids is 1. The summed E-state index contributed by atoms with van der Waals surface area (Å²) in [6.45, 7) is 2.12. The Hall–Kier alpha value is -1.15. The topological polar surface area (TPSA) is 212 Å². The molecule has 1 amide bonds. The van der Waals surface area contributed by atoms with Gasteiger partial charge in [0, 0.05) is 25.9 Å². The zero-order valence-corrected chi connectivity index (χ0v) is 20.9. The number of carboxylic acid groups (broad SMARTS) is 1. The maximum Gasteiger partial charge on any atom is 0.333 e. The Morgan fingerprint density at radius 3 is 2.31 bits per heavy atom. The van der Waals surface area contributed by atoms with Crippen LogP contribution in [0.4, 0.5) is 0 Å². The molecule has 0 saturated carbocycles. The highest BCUT2D eigenvalue weighted by molar-refractivity contribution is 7.89.